The van der Waals surface area contributed by atoms with E-state index in [4.69, 9.17) is 10.00 Å². The topological polar surface area (TPSA) is 36.3 Å². The molecule has 1 aliphatic heterocycles. The van der Waals surface area contributed by atoms with Crippen molar-refractivity contribution in [2.45, 2.75) is 5.75 Å². The molecule has 0 spiro atoms. The van der Waals surface area contributed by atoms with Crippen LogP contribution >= 0.6 is 11.8 Å². The third kappa shape index (κ3) is 5.12. The number of hydrogen-bond donors (Lipinski definition) is 0. The van der Waals surface area contributed by atoms with E-state index in [-0.39, 0.29) is 0 Å². The number of hydrogen-bond acceptors (Lipinski definition) is 4. The van der Waals surface area contributed by atoms with Crippen LogP contribution in [0.2, 0.25) is 0 Å². The van der Waals surface area contributed by atoms with Gasteiger partial charge in [0.2, 0.25) is 0 Å². The molecule has 1 saturated heterocycles. The molecule has 104 valence electrons. The van der Waals surface area contributed by atoms with Gasteiger partial charge in [-0.05, 0) is 23.9 Å². The summed E-state index contributed by atoms with van der Waals surface area (Å²) in [5.41, 5.74) is 1.23. The molecular weight excluding hydrogens is 268 g/mol. The number of nitrogens with zero attached hydrogens (tertiary/aromatic N) is 2. The quantitative estimate of drug-likeness (QED) is 0.615. The van der Waals surface area contributed by atoms with Crippen molar-refractivity contribution in [3.63, 3.8) is 0 Å². The van der Waals surface area contributed by atoms with Crippen LogP contribution in [0.4, 0.5) is 0 Å². The molecule has 1 aromatic carbocycles. The Morgan fingerprint density at radius 2 is 2.05 bits per heavy atom. The molecule has 0 radical (unpaired) electrons. The Labute approximate surface area is 124 Å². The molecule has 0 N–H and O–H groups in total. The highest BCUT2D eigenvalue weighted by Crippen LogP contribution is 2.20. The predicted octanol–water partition coefficient (Wildman–Crippen LogP) is 3.17. The van der Waals surface area contributed by atoms with Gasteiger partial charge in [-0.1, -0.05) is 30.3 Å². The fraction of sp³-hybridized carbons (Fsp3) is 0.312. The Balaban J connectivity index is 1.83. The van der Waals surface area contributed by atoms with E-state index >= 15 is 0 Å². The fourth-order valence-corrected chi connectivity index (χ4v) is 2.59. The number of benzene rings is 1. The minimum Gasteiger partial charge on any atom is -0.378 e. The molecule has 1 fully saturated rings. The van der Waals surface area contributed by atoms with Crippen molar-refractivity contribution >= 4 is 11.8 Å². The van der Waals surface area contributed by atoms with Crippen molar-refractivity contribution in [2.24, 2.45) is 0 Å². The Kier molecular flexibility index (Phi) is 6.22. The van der Waals surface area contributed by atoms with Crippen molar-refractivity contribution in [3.8, 4) is 6.07 Å². The number of thioether (sulfide) groups is 1. The number of rotatable bonds is 5. The highest BCUT2D eigenvalue weighted by Gasteiger charge is 2.04. The molecule has 0 amide bonds. The van der Waals surface area contributed by atoms with E-state index in [9.17, 15) is 0 Å². The monoisotopic (exact) mass is 286 g/mol. The van der Waals surface area contributed by atoms with Crippen molar-refractivity contribution in [2.75, 3.05) is 26.3 Å². The van der Waals surface area contributed by atoms with Gasteiger partial charge in [0.15, 0.2) is 0 Å². The third-order valence-electron chi connectivity index (χ3n) is 2.94. The Morgan fingerprint density at radius 1 is 1.30 bits per heavy atom. The smallest absolute Gasteiger partial charge is 0.106 e. The SMILES string of the molecule is N#CC(=CC=CN1CCOCC1)SCc1ccccc1. The second kappa shape index (κ2) is 8.47. The summed E-state index contributed by atoms with van der Waals surface area (Å²) in [6.07, 6.45) is 5.86. The van der Waals surface area contributed by atoms with E-state index in [1.807, 2.05) is 36.6 Å². The van der Waals surface area contributed by atoms with Crippen LogP contribution in [0.1, 0.15) is 5.56 Å². The van der Waals surface area contributed by atoms with E-state index in [1.165, 1.54) is 5.56 Å². The number of ether oxygens (including phenoxy) is 1. The molecule has 3 nitrogen and oxygen atoms in total. The second-order valence-electron chi connectivity index (χ2n) is 4.41. The Bertz CT molecular complexity index is 499. The lowest BCUT2D eigenvalue weighted by atomic mass is 10.2. The number of nitriles is 1. The minimum atomic E-state index is 0.735. The molecule has 1 aliphatic rings. The van der Waals surface area contributed by atoms with Crippen molar-refractivity contribution in [1.29, 1.82) is 5.26 Å². The van der Waals surface area contributed by atoms with Crippen molar-refractivity contribution in [3.05, 3.63) is 59.2 Å². The molecule has 4 heteroatoms. The summed E-state index contributed by atoms with van der Waals surface area (Å²) in [6.45, 7) is 3.40. The van der Waals surface area contributed by atoms with Gasteiger partial charge >= 0.3 is 0 Å². The van der Waals surface area contributed by atoms with Gasteiger partial charge in [0.05, 0.1) is 18.1 Å². The summed E-state index contributed by atoms with van der Waals surface area (Å²) in [7, 11) is 0. The molecule has 0 saturated carbocycles. The summed E-state index contributed by atoms with van der Waals surface area (Å²) in [5.74, 6) is 0.825. The molecule has 2 rings (SSSR count). The third-order valence-corrected chi connectivity index (χ3v) is 3.95. The first-order chi connectivity index (χ1) is 9.88. The first kappa shape index (κ1) is 14.7. The summed E-state index contributed by atoms with van der Waals surface area (Å²) >= 11 is 1.57. The van der Waals surface area contributed by atoms with Gasteiger partial charge in [0, 0.05) is 18.8 Å². The zero-order valence-corrected chi connectivity index (χ0v) is 12.2. The summed E-state index contributed by atoms with van der Waals surface area (Å²) in [6, 6.07) is 12.4. The second-order valence-corrected chi connectivity index (χ2v) is 5.42. The summed E-state index contributed by atoms with van der Waals surface area (Å²) < 4.78 is 5.29. The molecule has 0 atom stereocenters. The maximum atomic E-state index is 9.13. The first-order valence-corrected chi connectivity index (χ1v) is 7.64. The normalized spacial score (nSPS) is 16.4. The van der Waals surface area contributed by atoms with E-state index in [0.717, 1.165) is 37.0 Å². The predicted molar refractivity (Wildman–Crippen MR) is 83.0 cm³/mol. The zero-order chi connectivity index (χ0) is 14.0. The molecule has 0 unspecified atom stereocenters. The highest BCUT2D eigenvalue weighted by molar-refractivity contribution is 8.02. The van der Waals surface area contributed by atoms with Crippen LogP contribution in [-0.2, 0) is 10.5 Å². The van der Waals surface area contributed by atoms with E-state index < -0.39 is 0 Å². The van der Waals surface area contributed by atoms with Crippen LogP contribution in [0, 0.1) is 11.3 Å². The van der Waals surface area contributed by atoms with Crippen LogP contribution in [-0.4, -0.2) is 31.2 Å². The Hall–Kier alpha value is -1.70. The van der Waals surface area contributed by atoms with Gasteiger partial charge < -0.3 is 9.64 Å². The average molecular weight is 286 g/mol. The van der Waals surface area contributed by atoms with Crippen LogP contribution in [0.5, 0.6) is 0 Å². The van der Waals surface area contributed by atoms with Gasteiger partial charge in [-0.3, -0.25) is 0 Å². The van der Waals surface area contributed by atoms with Gasteiger partial charge in [0.1, 0.15) is 6.07 Å². The highest BCUT2D eigenvalue weighted by atomic mass is 32.2. The largest absolute Gasteiger partial charge is 0.378 e. The molecular formula is C16H18N2OS. The van der Waals surface area contributed by atoms with E-state index in [0.29, 0.717) is 0 Å². The summed E-state index contributed by atoms with van der Waals surface area (Å²) in [4.78, 5) is 2.94. The lowest BCUT2D eigenvalue weighted by molar-refractivity contribution is 0.0594. The lowest BCUT2D eigenvalue weighted by Gasteiger charge is -2.24. The first-order valence-electron chi connectivity index (χ1n) is 6.65. The van der Waals surface area contributed by atoms with Crippen LogP contribution < -0.4 is 0 Å². The number of allylic oxidation sites excluding steroid dienone is 3. The minimum absolute atomic E-state index is 0.735. The molecule has 0 aromatic heterocycles. The molecule has 0 bridgehead atoms. The van der Waals surface area contributed by atoms with Gasteiger partial charge in [-0.15, -0.1) is 11.8 Å². The summed E-state index contributed by atoms with van der Waals surface area (Å²) in [5, 5.41) is 9.13. The van der Waals surface area contributed by atoms with Crippen LogP contribution in [0.25, 0.3) is 0 Å². The Morgan fingerprint density at radius 3 is 2.75 bits per heavy atom. The average Bonchev–Trinajstić information content (AvgIpc) is 2.52. The zero-order valence-electron chi connectivity index (χ0n) is 11.4. The van der Waals surface area contributed by atoms with Crippen molar-refractivity contribution < 1.29 is 4.74 Å². The fourth-order valence-electron chi connectivity index (χ4n) is 1.83. The molecule has 20 heavy (non-hydrogen) atoms. The van der Waals surface area contributed by atoms with Gasteiger partial charge in [-0.25, -0.2) is 0 Å². The number of morpholine rings is 1. The van der Waals surface area contributed by atoms with Crippen LogP contribution in [0.3, 0.4) is 0 Å². The van der Waals surface area contributed by atoms with Gasteiger partial charge in [-0.2, -0.15) is 5.26 Å². The maximum Gasteiger partial charge on any atom is 0.106 e. The molecule has 1 aromatic rings. The molecule has 0 aliphatic carbocycles. The van der Waals surface area contributed by atoms with E-state index in [1.54, 1.807) is 11.8 Å². The molecule has 1 heterocycles. The van der Waals surface area contributed by atoms with Crippen LogP contribution in [0.15, 0.2) is 53.6 Å². The van der Waals surface area contributed by atoms with E-state index in [2.05, 4.69) is 23.1 Å². The maximum absolute atomic E-state index is 9.13. The standard InChI is InChI=1S/C16H18N2OS/c17-13-16(20-14-15-5-2-1-3-6-15)7-4-8-18-9-11-19-12-10-18/h1-8H,9-12,14H2. The lowest BCUT2D eigenvalue weighted by Crippen LogP contribution is -2.31. The van der Waals surface area contributed by atoms with Gasteiger partial charge in [0.25, 0.3) is 0 Å². The van der Waals surface area contributed by atoms with Crippen molar-refractivity contribution in [1.82, 2.24) is 4.90 Å².